The molecule has 0 aliphatic carbocycles. The van der Waals surface area contributed by atoms with Crippen molar-refractivity contribution in [3.05, 3.63) is 70.4 Å². The van der Waals surface area contributed by atoms with Crippen molar-refractivity contribution >= 4 is 11.6 Å². The summed E-state index contributed by atoms with van der Waals surface area (Å²) in [5.41, 5.74) is 3.92. The van der Waals surface area contributed by atoms with Crippen molar-refractivity contribution in [2.45, 2.75) is 19.3 Å². The number of hydrogen-bond donors (Lipinski definition) is 0. The van der Waals surface area contributed by atoms with Gasteiger partial charge in [0.15, 0.2) is 0 Å². The van der Waals surface area contributed by atoms with Crippen LogP contribution in [0.25, 0.3) is 5.69 Å². The second kappa shape index (κ2) is 5.52. The van der Waals surface area contributed by atoms with Gasteiger partial charge in [-0.2, -0.15) is 9.78 Å². The van der Waals surface area contributed by atoms with Crippen LogP contribution < -0.4 is 9.47 Å². The zero-order valence-corrected chi connectivity index (χ0v) is 15.5. The number of rotatable bonds is 1. The van der Waals surface area contributed by atoms with Crippen molar-refractivity contribution < 1.29 is 9.47 Å². The zero-order valence-electron chi connectivity index (χ0n) is 14.7. The summed E-state index contributed by atoms with van der Waals surface area (Å²) < 4.78 is 14.0. The lowest BCUT2D eigenvalue weighted by atomic mass is 9.65. The number of aromatic nitrogens is 2. The highest BCUT2D eigenvalue weighted by atomic mass is 35.5. The Labute approximate surface area is 157 Å². The summed E-state index contributed by atoms with van der Waals surface area (Å²) in [5, 5.41) is 5.45. The highest BCUT2D eigenvalue weighted by molar-refractivity contribution is 6.32. The van der Waals surface area contributed by atoms with E-state index >= 15 is 0 Å². The first kappa shape index (κ1) is 15.8. The molecule has 0 unspecified atom stereocenters. The van der Waals surface area contributed by atoms with E-state index in [0.29, 0.717) is 18.2 Å². The Morgan fingerprint density at radius 2 is 1.81 bits per heavy atom. The molecule has 3 aromatic rings. The monoisotopic (exact) mass is 366 g/mol. The minimum atomic E-state index is -0.202. The third-order valence-corrected chi connectivity index (χ3v) is 6.06. The molecule has 0 N–H and O–H groups in total. The summed E-state index contributed by atoms with van der Waals surface area (Å²) >= 11 is 6.43. The molecule has 0 radical (unpaired) electrons. The van der Waals surface area contributed by atoms with E-state index in [1.807, 2.05) is 48.0 Å². The maximum Gasteiger partial charge on any atom is 0.221 e. The normalized spacial score (nSPS) is 23.3. The molecule has 0 spiro atoms. The van der Waals surface area contributed by atoms with Gasteiger partial charge in [0.2, 0.25) is 5.88 Å². The lowest BCUT2D eigenvalue weighted by molar-refractivity contribution is 0.0826. The van der Waals surface area contributed by atoms with E-state index in [1.54, 1.807) is 0 Å². The zero-order chi connectivity index (χ0) is 17.9. The van der Waals surface area contributed by atoms with E-state index in [1.165, 1.54) is 5.56 Å². The predicted octanol–water partition coefficient (Wildman–Crippen LogP) is 4.54. The van der Waals surface area contributed by atoms with Crippen LogP contribution in [0.2, 0.25) is 5.02 Å². The van der Waals surface area contributed by atoms with E-state index in [0.717, 1.165) is 28.6 Å². The highest BCUT2D eigenvalue weighted by Gasteiger charge is 2.50. The van der Waals surface area contributed by atoms with Gasteiger partial charge < -0.3 is 9.47 Å². The lowest BCUT2D eigenvalue weighted by Gasteiger charge is -2.45. The van der Waals surface area contributed by atoms with Crippen LogP contribution in [0, 0.1) is 12.8 Å². The Bertz CT molecular complexity index is 1010. The molecule has 2 aromatic carbocycles. The predicted molar refractivity (Wildman–Crippen MR) is 101 cm³/mol. The molecule has 0 fully saturated rings. The molecule has 0 bridgehead atoms. The summed E-state index contributed by atoms with van der Waals surface area (Å²) in [4.78, 5) is 0. The van der Waals surface area contributed by atoms with Gasteiger partial charge in [-0.3, -0.25) is 0 Å². The Morgan fingerprint density at radius 3 is 2.65 bits per heavy atom. The molecule has 26 heavy (non-hydrogen) atoms. The Hall–Kier alpha value is -2.46. The first-order valence-corrected chi connectivity index (χ1v) is 9.18. The second-order valence-corrected chi connectivity index (χ2v) is 7.55. The minimum absolute atomic E-state index is 0.202. The topological polar surface area (TPSA) is 36.3 Å². The molecule has 0 amide bonds. The van der Waals surface area contributed by atoms with Gasteiger partial charge in [0.1, 0.15) is 5.75 Å². The first-order chi connectivity index (χ1) is 12.6. The Morgan fingerprint density at radius 1 is 1.08 bits per heavy atom. The van der Waals surface area contributed by atoms with Crippen LogP contribution in [0.5, 0.6) is 11.6 Å². The van der Waals surface area contributed by atoms with Crippen molar-refractivity contribution in [1.29, 1.82) is 0 Å². The van der Waals surface area contributed by atoms with Gasteiger partial charge in [0.25, 0.3) is 0 Å². The van der Waals surface area contributed by atoms with Crippen LogP contribution in [0.3, 0.4) is 0 Å². The number of benzene rings is 2. The molecule has 2 aliphatic rings. The third-order valence-electron chi connectivity index (χ3n) is 5.74. The van der Waals surface area contributed by atoms with Gasteiger partial charge >= 0.3 is 0 Å². The molecule has 5 rings (SSSR count). The van der Waals surface area contributed by atoms with E-state index in [9.17, 15) is 0 Å². The molecule has 0 saturated carbocycles. The number of para-hydroxylation sites is 2. The average Bonchev–Trinajstić information content (AvgIpc) is 2.99. The number of fused-ring (bicyclic) bond motifs is 5. The van der Waals surface area contributed by atoms with Crippen LogP contribution in [0.15, 0.2) is 48.5 Å². The van der Waals surface area contributed by atoms with Crippen LogP contribution >= 0.6 is 11.6 Å². The van der Waals surface area contributed by atoms with Crippen molar-refractivity contribution in [2.24, 2.45) is 5.92 Å². The highest BCUT2D eigenvalue weighted by Crippen LogP contribution is 2.53. The second-order valence-electron chi connectivity index (χ2n) is 7.15. The summed E-state index contributed by atoms with van der Waals surface area (Å²) in [5.74, 6) is 1.97. The molecule has 2 aliphatic heterocycles. The number of hydrogen-bond acceptors (Lipinski definition) is 3. The molecule has 3 heterocycles. The minimum Gasteiger partial charge on any atom is -0.493 e. The average molecular weight is 367 g/mol. The maximum atomic E-state index is 6.43. The van der Waals surface area contributed by atoms with E-state index in [2.05, 4.69) is 19.1 Å². The largest absolute Gasteiger partial charge is 0.493 e. The quantitative estimate of drug-likeness (QED) is 0.634. The van der Waals surface area contributed by atoms with E-state index in [4.69, 9.17) is 26.2 Å². The first-order valence-electron chi connectivity index (χ1n) is 8.81. The van der Waals surface area contributed by atoms with Crippen LogP contribution in [-0.4, -0.2) is 23.0 Å². The van der Waals surface area contributed by atoms with Gasteiger partial charge in [-0.25, -0.2) is 0 Å². The van der Waals surface area contributed by atoms with Gasteiger partial charge in [0, 0.05) is 22.5 Å². The van der Waals surface area contributed by atoms with Gasteiger partial charge in [-0.05, 0) is 25.1 Å². The molecular formula is C21H19ClN2O2. The standard InChI is InChI=1S/C21H19ClN2O2/c1-13-19-20(24(23-13)17-9-5-4-8-16(17)22)26-12-14-11-25-18-10-6-3-7-15(18)21(14,19)2/h3-10,14H,11-12H2,1-2H3/t14-,21+/m1/s1. The SMILES string of the molecule is Cc1nn(-c2ccccc2Cl)c2c1[C@]1(C)c3ccccc3OC[C@@H]1CO2. The maximum absolute atomic E-state index is 6.43. The fourth-order valence-electron chi connectivity index (χ4n) is 4.36. The van der Waals surface area contributed by atoms with E-state index in [-0.39, 0.29) is 11.3 Å². The van der Waals surface area contributed by atoms with Gasteiger partial charge in [0.05, 0.1) is 29.6 Å². The van der Waals surface area contributed by atoms with Crippen LogP contribution in [-0.2, 0) is 5.41 Å². The van der Waals surface area contributed by atoms with Gasteiger partial charge in [-0.15, -0.1) is 0 Å². The van der Waals surface area contributed by atoms with E-state index < -0.39 is 0 Å². The summed E-state index contributed by atoms with van der Waals surface area (Å²) in [6, 6.07) is 16.0. The molecule has 0 saturated heterocycles. The molecule has 4 nitrogen and oxygen atoms in total. The summed E-state index contributed by atoms with van der Waals surface area (Å²) in [6.45, 7) is 5.56. The fraction of sp³-hybridized carbons (Fsp3) is 0.286. The molecule has 5 heteroatoms. The molecule has 132 valence electrons. The van der Waals surface area contributed by atoms with Gasteiger partial charge in [-0.1, -0.05) is 48.9 Å². The van der Waals surface area contributed by atoms with Crippen molar-refractivity contribution in [1.82, 2.24) is 9.78 Å². The van der Waals surface area contributed by atoms with Crippen molar-refractivity contribution in [3.63, 3.8) is 0 Å². The number of aryl methyl sites for hydroxylation is 1. The number of ether oxygens (including phenoxy) is 2. The Balaban J connectivity index is 1.77. The fourth-order valence-corrected chi connectivity index (χ4v) is 4.57. The third kappa shape index (κ3) is 1.99. The summed E-state index contributed by atoms with van der Waals surface area (Å²) in [7, 11) is 0. The number of nitrogens with zero attached hydrogens (tertiary/aromatic N) is 2. The van der Waals surface area contributed by atoms with Crippen molar-refractivity contribution in [2.75, 3.05) is 13.2 Å². The van der Waals surface area contributed by atoms with Crippen LogP contribution in [0.1, 0.15) is 23.7 Å². The van der Waals surface area contributed by atoms with Crippen molar-refractivity contribution in [3.8, 4) is 17.3 Å². The number of halogens is 1. The summed E-state index contributed by atoms with van der Waals surface area (Å²) in [6.07, 6.45) is 0. The Kier molecular flexibility index (Phi) is 3.35. The lowest BCUT2D eigenvalue weighted by Crippen LogP contribution is -2.47. The molecule has 2 atom stereocenters. The molecule has 1 aromatic heterocycles. The smallest absolute Gasteiger partial charge is 0.221 e. The molecular weight excluding hydrogens is 348 g/mol. The van der Waals surface area contributed by atoms with Crippen LogP contribution in [0.4, 0.5) is 0 Å².